The van der Waals surface area contributed by atoms with Crippen molar-refractivity contribution in [1.29, 1.82) is 0 Å². The van der Waals surface area contributed by atoms with E-state index >= 15 is 0 Å². The van der Waals surface area contributed by atoms with Gasteiger partial charge in [0.2, 0.25) is 5.91 Å². The van der Waals surface area contributed by atoms with Gasteiger partial charge in [-0.1, -0.05) is 23.2 Å². The Hall–Kier alpha value is -1.46. The molecule has 2 aliphatic rings. The number of carboxylic acids is 1. The van der Waals surface area contributed by atoms with Crippen molar-refractivity contribution in [2.75, 3.05) is 31.1 Å². The summed E-state index contributed by atoms with van der Waals surface area (Å²) >= 11 is 11.9. The highest BCUT2D eigenvalue weighted by molar-refractivity contribution is 6.42. The smallest absolute Gasteiger partial charge is 0.307 e. The van der Waals surface area contributed by atoms with E-state index < -0.39 is 11.9 Å². The van der Waals surface area contributed by atoms with Crippen molar-refractivity contribution in [2.45, 2.75) is 6.42 Å². The summed E-state index contributed by atoms with van der Waals surface area (Å²) < 4.78 is 0. The third-order valence-electron chi connectivity index (χ3n) is 4.28. The molecule has 1 amide bonds. The first-order valence-corrected chi connectivity index (χ1v) is 7.94. The number of benzene rings is 1. The predicted molar refractivity (Wildman–Crippen MR) is 84.5 cm³/mol. The van der Waals surface area contributed by atoms with Gasteiger partial charge in [-0.2, -0.15) is 0 Å². The molecule has 0 unspecified atom stereocenters. The Morgan fingerprint density at radius 2 is 1.73 bits per heavy atom. The van der Waals surface area contributed by atoms with Gasteiger partial charge in [-0.05, 0) is 24.6 Å². The maximum Gasteiger partial charge on any atom is 0.307 e. The minimum atomic E-state index is -0.868. The number of aliphatic carboxylic acids is 1. The van der Waals surface area contributed by atoms with E-state index in [1.165, 1.54) is 0 Å². The normalized spacial score (nSPS) is 24.3. The average Bonchev–Trinajstić information content (AvgIpc) is 3.30. The Bertz CT molecular complexity index is 615. The van der Waals surface area contributed by atoms with Crippen molar-refractivity contribution in [3.63, 3.8) is 0 Å². The molecule has 1 aromatic rings. The second-order valence-electron chi connectivity index (χ2n) is 5.70. The Morgan fingerprint density at radius 3 is 2.27 bits per heavy atom. The number of nitrogens with zero attached hydrogens (tertiary/aromatic N) is 2. The fourth-order valence-corrected chi connectivity index (χ4v) is 3.13. The van der Waals surface area contributed by atoms with Gasteiger partial charge >= 0.3 is 5.97 Å². The molecule has 2 atom stereocenters. The van der Waals surface area contributed by atoms with Gasteiger partial charge in [0, 0.05) is 31.9 Å². The highest BCUT2D eigenvalue weighted by atomic mass is 35.5. The third kappa shape index (κ3) is 3.01. The van der Waals surface area contributed by atoms with Crippen LogP contribution < -0.4 is 4.90 Å². The van der Waals surface area contributed by atoms with Crippen LogP contribution in [0.25, 0.3) is 0 Å². The second kappa shape index (κ2) is 5.97. The molecule has 1 saturated carbocycles. The van der Waals surface area contributed by atoms with E-state index in [1.54, 1.807) is 11.0 Å². The first-order chi connectivity index (χ1) is 10.5. The summed E-state index contributed by atoms with van der Waals surface area (Å²) in [4.78, 5) is 27.0. The van der Waals surface area contributed by atoms with Crippen LogP contribution in [0.15, 0.2) is 18.2 Å². The largest absolute Gasteiger partial charge is 0.481 e. The Kier molecular flexibility index (Phi) is 4.19. The lowest BCUT2D eigenvalue weighted by Crippen LogP contribution is -2.49. The summed E-state index contributed by atoms with van der Waals surface area (Å²) in [6, 6.07) is 5.49. The molecule has 118 valence electrons. The number of hydrogen-bond donors (Lipinski definition) is 1. The number of amides is 1. The molecule has 1 aliphatic carbocycles. The van der Waals surface area contributed by atoms with Gasteiger partial charge in [0.15, 0.2) is 0 Å². The number of piperazine rings is 1. The molecule has 7 heteroatoms. The van der Waals surface area contributed by atoms with E-state index in [2.05, 4.69) is 4.90 Å². The second-order valence-corrected chi connectivity index (χ2v) is 6.51. The quantitative estimate of drug-likeness (QED) is 0.915. The summed E-state index contributed by atoms with van der Waals surface area (Å²) in [5, 5.41) is 9.94. The van der Waals surface area contributed by atoms with Gasteiger partial charge in [0.1, 0.15) is 0 Å². The lowest BCUT2D eigenvalue weighted by Gasteiger charge is -2.36. The molecule has 0 bridgehead atoms. The first-order valence-electron chi connectivity index (χ1n) is 7.19. The zero-order valence-electron chi connectivity index (χ0n) is 11.8. The summed E-state index contributed by atoms with van der Waals surface area (Å²) in [5.41, 5.74) is 0.983. The molecule has 5 nitrogen and oxygen atoms in total. The van der Waals surface area contributed by atoms with Gasteiger partial charge < -0.3 is 14.9 Å². The minimum absolute atomic E-state index is 0.0267. The number of carbonyl (C=O) groups excluding carboxylic acids is 1. The molecule has 0 radical (unpaired) electrons. The van der Waals surface area contributed by atoms with Crippen LogP contribution in [0, 0.1) is 11.8 Å². The minimum Gasteiger partial charge on any atom is -0.481 e. The molecular weight excluding hydrogens is 327 g/mol. The van der Waals surface area contributed by atoms with E-state index in [-0.39, 0.29) is 11.8 Å². The zero-order chi connectivity index (χ0) is 15.9. The Balaban J connectivity index is 1.57. The Labute approximate surface area is 138 Å². The van der Waals surface area contributed by atoms with Gasteiger partial charge in [0.25, 0.3) is 0 Å². The van der Waals surface area contributed by atoms with Crippen LogP contribution in [-0.2, 0) is 9.59 Å². The van der Waals surface area contributed by atoms with Crippen LogP contribution in [0.1, 0.15) is 6.42 Å². The van der Waals surface area contributed by atoms with Crippen LogP contribution in [-0.4, -0.2) is 48.1 Å². The standard InChI is InChI=1S/C15H16Cl2N2O3/c16-12-2-1-9(7-13(12)17)18-3-5-19(6-4-18)14(20)10-8-11(10)15(21)22/h1-2,7,10-11H,3-6,8H2,(H,21,22)/t10-,11+/m0/s1. The lowest BCUT2D eigenvalue weighted by molar-refractivity contribution is -0.142. The van der Waals surface area contributed by atoms with Gasteiger partial charge in [-0.15, -0.1) is 0 Å². The Morgan fingerprint density at radius 1 is 1.05 bits per heavy atom. The number of rotatable bonds is 3. The SMILES string of the molecule is O=C(O)[C@@H]1C[C@@H]1C(=O)N1CCN(c2ccc(Cl)c(Cl)c2)CC1. The molecule has 1 N–H and O–H groups in total. The summed E-state index contributed by atoms with van der Waals surface area (Å²) in [7, 11) is 0. The molecular formula is C15H16Cl2N2O3. The highest BCUT2D eigenvalue weighted by Crippen LogP contribution is 2.40. The fraction of sp³-hybridized carbons (Fsp3) is 0.467. The predicted octanol–water partition coefficient (Wildman–Crippen LogP) is 2.36. The molecule has 1 aliphatic heterocycles. The van der Waals surface area contributed by atoms with E-state index in [1.807, 2.05) is 12.1 Å². The number of carboxylic acid groups (broad SMARTS) is 1. The van der Waals surface area contributed by atoms with Crippen LogP contribution >= 0.6 is 23.2 Å². The van der Waals surface area contributed by atoms with Crippen molar-refractivity contribution in [3.8, 4) is 0 Å². The number of anilines is 1. The molecule has 22 heavy (non-hydrogen) atoms. The zero-order valence-corrected chi connectivity index (χ0v) is 13.3. The summed E-state index contributed by atoms with van der Waals surface area (Å²) in [6.45, 7) is 2.60. The molecule has 0 spiro atoms. The van der Waals surface area contributed by atoms with Crippen molar-refractivity contribution < 1.29 is 14.7 Å². The molecule has 1 aromatic carbocycles. The van der Waals surface area contributed by atoms with Gasteiger partial charge in [-0.25, -0.2) is 0 Å². The van der Waals surface area contributed by atoms with Crippen molar-refractivity contribution in [2.24, 2.45) is 11.8 Å². The van der Waals surface area contributed by atoms with E-state index in [0.717, 1.165) is 5.69 Å². The molecule has 2 fully saturated rings. The van der Waals surface area contributed by atoms with E-state index in [9.17, 15) is 9.59 Å². The monoisotopic (exact) mass is 342 g/mol. The van der Waals surface area contributed by atoms with Crippen LogP contribution in [0.4, 0.5) is 5.69 Å². The van der Waals surface area contributed by atoms with E-state index in [0.29, 0.717) is 42.6 Å². The third-order valence-corrected chi connectivity index (χ3v) is 5.02. The van der Waals surface area contributed by atoms with E-state index in [4.69, 9.17) is 28.3 Å². The fourth-order valence-electron chi connectivity index (χ4n) is 2.84. The summed E-state index contributed by atoms with van der Waals surface area (Å²) in [6.07, 6.45) is 0.473. The molecule has 3 rings (SSSR count). The maximum absolute atomic E-state index is 12.2. The first kappa shape index (κ1) is 15.4. The maximum atomic E-state index is 12.2. The molecule has 1 heterocycles. The van der Waals surface area contributed by atoms with Crippen LogP contribution in [0.2, 0.25) is 10.0 Å². The van der Waals surface area contributed by atoms with Crippen LogP contribution in [0.3, 0.4) is 0 Å². The number of carbonyl (C=O) groups is 2. The van der Waals surface area contributed by atoms with Crippen molar-refractivity contribution in [3.05, 3.63) is 28.2 Å². The van der Waals surface area contributed by atoms with Crippen molar-refractivity contribution >= 4 is 40.8 Å². The summed E-state index contributed by atoms with van der Waals surface area (Å²) in [5.74, 6) is -1.70. The highest BCUT2D eigenvalue weighted by Gasteiger charge is 2.50. The van der Waals surface area contributed by atoms with Gasteiger partial charge in [-0.3, -0.25) is 9.59 Å². The van der Waals surface area contributed by atoms with Crippen LogP contribution in [0.5, 0.6) is 0 Å². The number of halogens is 2. The average molecular weight is 343 g/mol. The topological polar surface area (TPSA) is 60.9 Å². The molecule has 0 aromatic heterocycles. The lowest BCUT2D eigenvalue weighted by atomic mass is 10.2. The van der Waals surface area contributed by atoms with Gasteiger partial charge in [0.05, 0.1) is 21.9 Å². The molecule has 1 saturated heterocycles. The van der Waals surface area contributed by atoms with Crippen molar-refractivity contribution in [1.82, 2.24) is 4.90 Å². The number of hydrogen-bond acceptors (Lipinski definition) is 3.